The molecule has 168 valence electrons. The average Bonchev–Trinajstić information content (AvgIpc) is 3.20. The first kappa shape index (κ1) is 23.2. The van der Waals surface area contributed by atoms with E-state index in [2.05, 4.69) is 22.0 Å². The summed E-state index contributed by atoms with van der Waals surface area (Å²) in [6.07, 6.45) is 3.06. The molecular weight excluding hydrogens is 404 g/mol. The number of nitrogens with one attached hydrogen (secondary N) is 1. The minimum atomic E-state index is -0.826. The number of benzene rings is 1. The molecule has 1 atom stereocenters. The van der Waals surface area contributed by atoms with Gasteiger partial charge in [-0.1, -0.05) is 38.1 Å². The molecule has 0 aliphatic carbocycles. The summed E-state index contributed by atoms with van der Waals surface area (Å²) in [5, 5.41) is 18.9. The van der Waals surface area contributed by atoms with Crippen molar-refractivity contribution in [3.63, 3.8) is 0 Å². The summed E-state index contributed by atoms with van der Waals surface area (Å²) in [5.74, 6) is 0.368. The van der Waals surface area contributed by atoms with Gasteiger partial charge in [-0.25, -0.2) is 0 Å². The minimum absolute atomic E-state index is 0.0415. The van der Waals surface area contributed by atoms with Crippen molar-refractivity contribution in [2.24, 2.45) is 13.0 Å². The third kappa shape index (κ3) is 4.73. The first-order chi connectivity index (χ1) is 15.1. The van der Waals surface area contributed by atoms with E-state index in [0.29, 0.717) is 11.3 Å². The lowest BCUT2D eigenvalue weighted by atomic mass is 10.00. The van der Waals surface area contributed by atoms with E-state index in [1.165, 1.54) is 0 Å². The fourth-order valence-corrected chi connectivity index (χ4v) is 3.42. The minimum Gasteiger partial charge on any atom is -0.383 e. The van der Waals surface area contributed by atoms with Crippen molar-refractivity contribution < 1.29 is 9.63 Å². The SMILES string of the molecule is C=C(C)/C=c1\c(=CC)cc(-c2cc(Nc3noc(C(O)C(C)C)n3)ccc2C)c(=O)n1C. The second-order valence-electron chi connectivity index (χ2n) is 8.34. The monoisotopic (exact) mass is 434 g/mol. The number of anilines is 2. The lowest BCUT2D eigenvalue weighted by molar-refractivity contribution is 0.0896. The molecule has 0 fully saturated rings. The molecule has 3 rings (SSSR count). The van der Waals surface area contributed by atoms with E-state index in [1.807, 2.05) is 71.0 Å². The quantitative estimate of drug-likeness (QED) is 0.618. The van der Waals surface area contributed by atoms with Crippen LogP contribution >= 0.6 is 0 Å². The van der Waals surface area contributed by atoms with E-state index >= 15 is 0 Å². The molecule has 1 unspecified atom stereocenters. The van der Waals surface area contributed by atoms with Gasteiger partial charge in [0.2, 0.25) is 0 Å². The van der Waals surface area contributed by atoms with E-state index in [0.717, 1.165) is 27.3 Å². The Kier molecular flexibility index (Phi) is 6.79. The molecule has 0 radical (unpaired) electrons. The van der Waals surface area contributed by atoms with Gasteiger partial charge in [-0.15, -0.1) is 0 Å². The number of hydrogen-bond acceptors (Lipinski definition) is 6. The number of aryl methyl sites for hydroxylation is 1. The maximum atomic E-state index is 13.2. The number of aliphatic hydroxyl groups excluding tert-OH is 1. The van der Waals surface area contributed by atoms with Crippen LogP contribution in [0.5, 0.6) is 0 Å². The Bertz CT molecular complexity index is 1330. The maximum Gasteiger partial charge on any atom is 0.267 e. The normalized spacial score (nSPS) is 13.6. The largest absolute Gasteiger partial charge is 0.383 e. The second-order valence-corrected chi connectivity index (χ2v) is 8.34. The summed E-state index contributed by atoms with van der Waals surface area (Å²) in [7, 11) is 1.77. The highest BCUT2D eigenvalue weighted by atomic mass is 16.5. The predicted molar refractivity (Wildman–Crippen MR) is 128 cm³/mol. The number of hydrogen-bond donors (Lipinski definition) is 2. The maximum absolute atomic E-state index is 13.2. The zero-order chi connectivity index (χ0) is 23.6. The first-order valence-corrected chi connectivity index (χ1v) is 10.6. The van der Waals surface area contributed by atoms with Gasteiger partial charge < -0.3 is 19.5 Å². The van der Waals surface area contributed by atoms with Gasteiger partial charge in [-0.05, 0) is 72.5 Å². The highest BCUT2D eigenvalue weighted by Gasteiger charge is 2.19. The smallest absolute Gasteiger partial charge is 0.267 e. The predicted octanol–water partition coefficient (Wildman–Crippen LogP) is 3.33. The third-order valence-corrected chi connectivity index (χ3v) is 5.30. The lowest BCUT2D eigenvalue weighted by Gasteiger charge is -2.11. The van der Waals surface area contributed by atoms with Gasteiger partial charge in [0, 0.05) is 18.3 Å². The molecule has 0 saturated carbocycles. The van der Waals surface area contributed by atoms with Crippen molar-refractivity contribution in [2.75, 3.05) is 5.32 Å². The molecule has 32 heavy (non-hydrogen) atoms. The molecule has 0 saturated heterocycles. The summed E-state index contributed by atoms with van der Waals surface area (Å²) < 4.78 is 6.82. The van der Waals surface area contributed by atoms with E-state index in [1.54, 1.807) is 11.6 Å². The van der Waals surface area contributed by atoms with Gasteiger partial charge in [-0.2, -0.15) is 4.98 Å². The highest BCUT2D eigenvalue weighted by Crippen LogP contribution is 2.26. The molecule has 2 aromatic heterocycles. The Morgan fingerprint density at radius 1 is 1.28 bits per heavy atom. The van der Waals surface area contributed by atoms with Crippen LogP contribution in [0, 0.1) is 12.8 Å². The van der Waals surface area contributed by atoms with Crippen molar-refractivity contribution >= 4 is 23.8 Å². The fraction of sp³-hybridized carbons (Fsp3) is 0.320. The number of pyridine rings is 1. The molecule has 7 heteroatoms. The van der Waals surface area contributed by atoms with Crippen LogP contribution in [0.15, 0.2) is 45.7 Å². The second kappa shape index (κ2) is 9.36. The van der Waals surface area contributed by atoms with Crippen LogP contribution in [0.1, 0.15) is 45.3 Å². The number of allylic oxidation sites excluding steroid dienone is 1. The van der Waals surface area contributed by atoms with Crippen LogP contribution < -0.4 is 21.4 Å². The van der Waals surface area contributed by atoms with Crippen molar-refractivity contribution in [1.82, 2.24) is 14.7 Å². The molecule has 0 bridgehead atoms. The summed E-state index contributed by atoms with van der Waals surface area (Å²) in [4.78, 5) is 17.4. The van der Waals surface area contributed by atoms with Gasteiger partial charge in [0.15, 0.2) is 0 Å². The van der Waals surface area contributed by atoms with Gasteiger partial charge >= 0.3 is 0 Å². The van der Waals surface area contributed by atoms with E-state index in [4.69, 9.17) is 4.52 Å². The topological polar surface area (TPSA) is 93.2 Å². The van der Waals surface area contributed by atoms with Gasteiger partial charge in [0.25, 0.3) is 17.4 Å². The fourth-order valence-electron chi connectivity index (χ4n) is 3.42. The Morgan fingerprint density at radius 2 is 2.00 bits per heavy atom. The standard InChI is InChI=1S/C25H30N4O3/c1-8-17-12-20(24(31)29(7)21(17)11-14(2)3)19-13-18(10-9-16(19)6)26-25-27-23(32-28-25)22(30)15(4)5/h8-13,15,22,30H,2H2,1,3-7H3,(H,26,28)/b17-8?,21-11+. The summed E-state index contributed by atoms with van der Waals surface area (Å²) >= 11 is 0. The summed E-state index contributed by atoms with van der Waals surface area (Å²) in [5.41, 5.74) is 3.87. The average molecular weight is 435 g/mol. The Labute approximate surface area is 187 Å². The van der Waals surface area contributed by atoms with Crippen LogP contribution in [0.2, 0.25) is 0 Å². The van der Waals surface area contributed by atoms with Crippen molar-refractivity contribution in [3.8, 4) is 11.1 Å². The number of rotatable bonds is 6. The number of aliphatic hydroxyl groups is 1. The Balaban J connectivity index is 2.06. The molecule has 3 aromatic rings. The van der Waals surface area contributed by atoms with Crippen LogP contribution in [0.3, 0.4) is 0 Å². The molecule has 7 nitrogen and oxygen atoms in total. The van der Waals surface area contributed by atoms with Crippen molar-refractivity contribution in [2.45, 2.75) is 40.7 Å². The molecule has 2 heterocycles. The van der Waals surface area contributed by atoms with Crippen molar-refractivity contribution in [1.29, 1.82) is 0 Å². The van der Waals surface area contributed by atoms with Crippen molar-refractivity contribution in [3.05, 3.63) is 68.8 Å². The molecular formula is C25H30N4O3. The van der Waals surface area contributed by atoms with Gasteiger partial charge in [0.1, 0.15) is 6.10 Å². The molecule has 0 spiro atoms. The highest BCUT2D eigenvalue weighted by molar-refractivity contribution is 5.72. The lowest BCUT2D eigenvalue weighted by Crippen LogP contribution is -2.42. The van der Waals surface area contributed by atoms with Crippen LogP contribution in [-0.2, 0) is 7.05 Å². The van der Waals surface area contributed by atoms with Gasteiger partial charge in [0.05, 0.1) is 5.35 Å². The molecule has 0 aliphatic rings. The van der Waals surface area contributed by atoms with E-state index < -0.39 is 6.10 Å². The molecule has 0 aliphatic heterocycles. The molecule has 0 amide bonds. The Morgan fingerprint density at radius 3 is 2.62 bits per heavy atom. The first-order valence-electron chi connectivity index (χ1n) is 10.6. The molecule has 1 aromatic carbocycles. The zero-order valence-electron chi connectivity index (χ0n) is 19.4. The van der Waals surface area contributed by atoms with Crippen LogP contribution in [0.25, 0.3) is 23.3 Å². The number of aromatic nitrogens is 3. The summed E-state index contributed by atoms with van der Waals surface area (Å²) in [6, 6.07) is 7.62. The zero-order valence-corrected chi connectivity index (χ0v) is 19.4. The van der Waals surface area contributed by atoms with E-state index in [-0.39, 0.29) is 23.3 Å². The van der Waals surface area contributed by atoms with E-state index in [9.17, 15) is 9.90 Å². The summed E-state index contributed by atoms with van der Waals surface area (Å²) in [6.45, 7) is 13.5. The number of nitrogens with zero attached hydrogens (tertiary/aromatic N) is 3. The van der Waals surface area contributed by atoms with Crippen LogP contribution in [0.4, 0.5) is 11.6 Å². The van der Waals surface area contributed by atoms with Gasteiger partial charge in [-0.3, -0.25) is 4.79 Å². The van der Waals surface area contributed by atoms with Crippen LogP contribution in [-0.4, -0.2) is 19.8 Å². The molecule has 2 N–H and O–H groups in total. The third-order valence-electron chi connectivity index (χ3n) is 5.30. The Hall–Kier alpha value is -3.45.